The topological polar surface area (TPSA) is 0 Å². The smallest absolute Gasteiger partial charge is 0.0300 e. The second-order valence-electron chi connectivity index (χ2n) is 5.84. The largest absolute Gasteiger partial charge is 0.0649 e. The van der Waals surface area contributed by atoms with Crippen molar-refractivity contribution in [1.29, 1.82) is 0 Å². The summed E-state index contributed by atoms with van der Waals surface area (Å²) in [6.45, 7) is 4.83. The van der Waals surface area contributed by atoms with E-state index in [0.29, 0.717) is 0 Å². The lowest BCUT2D eigenvalue weighted by atomic mass is 9.63. The Morgan fingerprint density at radius 2 is 1.43 bits per heavy atom. The van der Waals surface area contributed by atoms with Crippen LogP contribution < -0.4 is 0 Å². The third-order valence-electron chi connectivity index (χ3n) is 5.27. The monoisotopic (exact) mass is 194 g/mol. The van der Waals surface area contributed by atoms with Crippen molar-refractivity contribution < 1.29 is 0 Å². The molecule has 0 aliphatic heterocycles. The lowest BCUT2D eigenvalue weighted by Gasteiger charge is -2.42. The second-order valence-corrected chi connectivity index (χ2v) is 5.84. The van der Waals surface area contributed by atoms with Gasteiger partial charge in [-0.3, -0.25) is 0 Å². The molecule has 2 bridgehead atoms. The first-order valence-electron chi connectivity index (χ1n) is 6.78. The van der Waals surface area contributed by atoms with Crippen molar-refractivity contribution in [2.24, 2.45) is 17.3 Å². The number of hydrogen-bond donors (Lipinski definition) is 0. The van der Waals surface area contributed by atoms with Gasteiger partial charge in [0, 0.05) is 0 Å². The Balaban J connectivity index is 2.07. The van der Waals surface area contributed by atoms with E-state index in [1.165, 1.54) is 25.7 Å². The van der Waals surface area contributed by atoms with Crippen molar-refractivity contribution >= 4 is 0 Å². The fourth-order valence-corrected chi connectivity index (χ4v) is 3.84. The van der Waals surface area contributed by atoms with Crippen LogP contribution in [0, 0.1) is 17.3 Å². The van der Waals surface area contributed by atoms with Crippen LogP contribution >= 0.6 is 0 Å². The normalized spacial score (nSPS) is 36.4. The molecule has 0 radical (unpaired) electrons. The lowest BCUT2D eigenvalue weighted by Crippen LogP contribution is -2.30. The zero-order chi connectivity index (χ0) is 10.0. The molecule has 0 nitrogen and oxygen atoms in total. The SMILES string of the molecule is CCC1(CC)CCC2CCC(CC2)C1. The van der Waals surface area contributed by atoms with Crippen molar-refractivity contribution in [1.82, 2.24) is 0 Å². The van der Waals surface area contributed by atoms with Crippen molar-refractivity contribution in [2.75, 3.05) is 0 Å². The van der Waals surface area contributed by atoms with Gasteiger partial charge < -0.3 is 0 Å². The molecule has 3 rings (SSSR count). The molecule has 0 aromatic carbocycles. The summed E-state index contributed by atoms with van der Waals surface area (Å²) in [5, 5.41) is 0. The molecule has 3 aliphatic rings. The molecule has 0 atom stereocenters. The molecule has 14 heavy (non-hydrogen) atoms. The first-order valence-corrected chi connectivity index (χ1v) is 6.78. The van der Waals surface area contributed by atoms with Gasteiger partial charge in [0.2, 0.25) is 0 Å². The van der Waals surface area contributed by atoms with Crippen molar-refractivity contribution in [3.63, 3.8) is 0 Å². The van der Waals surface area contributed by atoms with Gasteiger partial charge in [0.25, 0.3) is 0 Å². The van der Waals surface area contributed by atoms with E-state index in [2.05, 4.69) is 13.8 Å². The summed E-state index contributed by atoms with van der Waals surface area (Å²) in [5.74, 6) is 2.19. The zero-order valence-electron chi connectivity index (χ0n) is 10.0. The van der Waals surface area contributed by atoms with Crippen LogP contribution in [0.2, 0.25) is 0 Å². The lowest BCUT2D eigenvalue weighted by molar-refractivity contribution is 0.0931. The van der Waals surface area contributed by atoms with E-state index in [-0.39, 0.29) is 0 Å². The van der Waals surface area contributed by atoms with Gasteiger partial charge >= 0.3 is 0 Å². The summed E-state index contributed by atoms with van der Waals surface area (Å²) < 4.78 is 0. The molecule has 3 fully saturated rings. The summed E-state index contributed by atoms with van der Waals surface area (Å²) in [7, 11) is 0. The minimum absolute atomic E-state index is 0.740. The van der Waals surface area contributed by atoms with Crippen molar-refractivity contribution in [3.8, 4) is 0 Å². The van der Waals surface area contributed by atoms with Crippen LogP contribution in [-0.4, -0.2) is 0 Å². The van der Waals surface area contributed by atoms with Gasteiger partial charge in [0.15, 0.2) is 0 Å². The average Bonchev–Trinajstić information content (AvgIpc) is 2.21. The molecule has 0 aromatic heterocycles. The van der Waals surface area contributed by atoms with Gasteiger partial charge in [-0.05, 0) is 36.5 Å². The molecule has 0 heterocycles. The first kappa shape index (κ1) is 10.5. The molecule has 0 saturated heterocycles. The van der Waals surface area contributed by atoms with Crippen LogP contribution in [0.1, 0.15) is 71.6 Å². The Morgan fingerprint density at radius 3 is 2.00 bits per heavy atom. The third kappa shape index (κ3) is 1.99. The Bertz CT molecular complexity index is 170. The summed E-state index contributed by atoms with van der Waals surface area (Å²) in [5.41, 5.74) is 0.740. The van der Waals surface area contributed by atoms with Crippen LogP contribution in [0.3, 0.4) is 0 Å². The average molecular weight is 194 g/mol. The van der Waals surface area contributed by atoms with E-state index in [1.54, 1.807) is 32.1 Å². The molecule has 0 heteroatoms. The van der Waals surface area contributed by atoms with Gasteiger partial charge in [-0.2, -0.15) is 0 Å². The van der Waals surface area contributed by atoms with Crippen molar-refractivity contribution in [2.45, 2.75) is 71.6 Å². The van der Waals surface area contributed by atoms with Crippen LogP contribution in [0.4, 0.5) is 0 Å². The highest BCUT2D eigenvalue weighted by Gasteiger charge is 2.35. The maximum atomic E-state index is 2.42. The Kier molecular flexibility index (Phi) is 3.19. The van der Waals surface area contributed by atoms with Crippen LogP contribution in [-0.2, 0) is 0 Å². The van der Waals surface area contributed by atoms with Crippen LogP contribution in [0.5, 0.6) is 0 Å². The van der Waals surface area contributed by atoms with Crippen molar-refractivity contribution in [3.05, 3.63) is 0 Å². The zero-order valence-corrected chi connectivity index (χ0v) is 10.0. The molecule has 3 aliphatic carbocycles. The van der Waals surface area contributed by atoms with E-state index >= 15 is 0 Å². The fourth-order valence-electron chi connectivity index (χ4n) is 3.84. The maximum absolute atomic E-state index is 2.42. The number of rotatable bonds is 2. The molecule has 0 unspecified atom stereocenters. The molecule has 0 N–H and O–H groups in total. The van der Waals surface area contributed by atoms with E-state index < -0.39 is 0 Å². The van der Waals surface area contributed by atoms with Gasteiger partial charge in [-0.25, -0.2) is 0 Å². The molecule has 82 valence electrons. The molecule has 0 amide bonds. The highest BCUT2D eigenvalue weighted by atomic mass is 14.4. The minimum Gasteiger partial charge on any atom is -0.0649 e. The highest BCUT2D eigenvalue weighted by molar-refractivity contribution is 4.87. The highest BCUT2D eigenvalue weighted by Crippen LogP contribution is 2.48. The number of fused-ring (bicyclic) bond motifs is 5. The predicted octanol–water partition coefficient (Wildman–Crippen LogP) is 4.78. The van der Waals surface area contributed by atoms with Crippen LogP contribution in [0.25, 0.3) is 0 Å². The molecule has 0 spiro atoms. The van der Waals surface area contributed by atoms with Gasteiger partial charge in [0.1, 0.15) is 0 Å². The third-order valence-corrected chi connectivity index (χ3v) is 5.27. The quantitative estimate of drug-likeness (QED) is 0.593. The van der Waals surface area contributed by atoms with Gasteiger partial charge in [0.05, 0.1) is 0 Å². The minimum atomic E-state index is 0.740. The fraction of sp³-hybridized carbons (Fsp3) is 1.00. The van der Waals surface area contributed by atoms with Gasteiger partial charge in [-0.15, -0.1) is 0 Å². The molecular weight excluding hydrogens is 168 g/mol. The summed E-state index contributed by atoms with van der Waals surface area (Å²) >= 11 is 0. The second kappa shape index (κ2) is 4.24. The van der Waals surface area contributed by atoms with E-state index in [9.17, 15) is 0 Å². The maximum Gasteiger partial charge on any atom is -0.0300 e. The Morgan fingerprint density at radius 1 is 0.857 bits per heavy atom. The predicted molar refractivity (Wildman–Crippen MR) is 62.3 cm³/mol. The summed E-state index contributed by atoms with van der Waals surface area (Å²) in [6, 6.07) is 0. The first-order chi connectivity index (χ1) is 6.78. The number of hydrogen-bond acceptors (Lipinski definition) is 0. The van der Waals surface area contributed by atoms with E-state index in [0.717, 1.165) is 17.3 Å². The Labute approximate surface area is 89.5 Å². The summed E-state index contributed by atoms with van der Waals surface area (Å²) in [4.78, 5) is 0. The molecule has 0 aromatic rings. The summed E-state index contributed by atoms with van der Waals surface area (Å²) in [6.07, 6.45) is 13.7. The van der Waals surface area contributed by atoms with Crippen LogP contribution in [0.15, 0.2) is 0 Å². The van der Waals surface area contributed by atoms with E-state index in [1.807, 2.05) is 0 Å². The van der Waals surface area contributed by atoms with E-state index in [4.69, 9.17) is 0 Å². The van der Waals surface area contributed by atoms with Gasteiger partial charge in [-0.1, -0.05) is 52.4 Å². The Hall–Kier alpha value is 0. The molecular formula is C14H26. The molecule has 3 saturated carbocycles. The standard InChI is InChI=1S/C14H26/c1-3-14(4-2)10-9-12-5-7-13(11-14)8-6-12/h12-13H,3-11H2,1-2H3.